The minimum Gasteiger partial charge on any atom is -0.493 e. The molecule has 0 radical (unpaired) electrons. The summed E-state index contributed by atoms with van der Waals surface area (Å²) in [6, 6.07) is 4.79. The summed E-state index contributed by atoms with van der Waals surface area (Å²) in [7, 11) is 0. The lowest BCUT2D eigenvalue weighted by Gasteiger charge is -2.13. The molecule has 0 saturated heterocycles. The van der Waals surface area contributed by atoms with Gasteiger partial charge in [-0.3, -0.25) is 0 Å². The first-order valence-corrected chi connectivity index (χ1v) is 5.17. The standard InChI is InChI=1S/C12H14F2O2/c1-2-16-10-7-3-5-9(6-4-8-15)11(10)12(13)14/h3,5,7-8,12H,2,4,6H2,1H3. The minimum atomic E-state index is -2.58. The van der Waals surface area contributed by atoms with Gasteiger partial charge in [0.05, 0.1) is 12.2 Å². The van der Waals surface area contributed by atoms with E-state index in [4.69, 9.17) is 4.74 Å². The molecule has 0 atom stereocenters. The molecule has 0 spiro atoms. The van der Waals surface area contributed by atoms with E-state index in [1.54, 1.807) is 19.1 Å². The van der Waals surface area contributed by atoms with Gasteiger partial charge in [0.2, 0.25) is 0 Å². The maximum atomic E-state index is 12.9. The summed E-state index contributed by atoms with van der Waals surface area (Å²) in [6.07, 6.45) is -1.29. The van der Waals surface area contributed by atoms with Gasteiger partial charge in [0.1, 0.15) is 12.0 Å². The summed E-state index contributed by atoms with van der Waals surface area (Å²) >= 11 is 0. The molecule has 0 unspecified atom stereocenters. The van der Waals surface area contributed by atoms with E-state index in [0.717, 1.165) is 6.29 Å². The van der Waals surface area contributed by atoms with Crippen molar-refractivity contribution >= 4 is 6.29 Å². The minimum absolute atomic E-state index is 0.0915. The second kappa shape index (κ2) is 6.20. The largest absolute Gasteiger partial charge is 0.493 e. The molecular weight excluding hydrogens is 214 g/mol. The molecule has 1 aromatic carbocycles. The third-order valence-corrected chi connectivity index (χ3v) is 2.21. The number of carbonyl (C=O) groups is 1. The van der Waals surface area contributed by atoms with Crippen LogP contribution in [-0.4, -0.2) is 12.9 Å². The van der Waals surface area contributed by atoms with Gasteiger partial charge < -0.3 is 9.53 Å². The highest BCUT2D eigenvalue weighted by atomic mass is 19.3. The zero-order valence-corrected chi connectivity index (χ0v) is 9.08. The van der Waals surface area contributed by atoms with Crippen molar-refractivity contribution in [2.45, 2.75) is 26.2 Å². The number of alkyl halides is 2. The number of aldehydes is 1. The molecule has 4 heteroatoms. The van der Waals surface area contributed by atoms with Gasteiger partial charge in [-0.25, -0.2) is 8.78 Å². The number of rotatable bonds is 6. The van der Waals surface area contributed by atoms with Gasteiger partial charge >= 0.3 is 0 Å². The summed E-state index contributed by atoms with van der Waals surface area (Å²) in [6.45, 7) is 2.09. The predicted molar refractivity (Wildman–Crippen MR) is 57.0 cm³/mol. The Hall–Kier alpha value is -1.45. The third-order valence-electron chi connectivity index (χ3n) is 2.21. The second-order valence-corrected chi connectivity index (χ2v) is 3.27. The van der Waals surface area contributed by atoms with Crippen molar-refractivity contribution in [1.29, 1.82) is 0 Å². The Kier molecular flexibility index (Phi) is 4.89. The van der Waals surface area contributed by atoms with E-state index >= 15 is 0 Å². The number of ether oxygens (including phenoxy) is 1. The molecule has 0 aliphatic carbocycles. The lowest BCUT2D eigenvalue weighted by atomic mass is 10.0. The number of aryl methyl sites for hydroxylation is 1. The first kappa shape index (κ1) is 12.6. The van der Waals surface area contributed by atoms with E-state index in [9.17, 15) is 13.6 Å². The van der Waals surface area contributed by atoms with Crippen LogP contribution in [0.3, 0.4) is 0 Å². The van der Waals surface area contributed by atoms with Gasteiger partial charge in [-0.05, 0) is 25.0 Å². The van der Waals surface area contributed by atoms with Crippen LogP contribution in [0.2, 0.25) is 0 Å². The molecule has 0 bridgehead atoms. The van der Waals surface area contributed by atoms with E-state index in [1.807, 2.05) is 0 Å². The molecule has 0 N–H and O–H groups in total. The van der Waals surface area contributed by atoms with Crippen LogP contribution in [0.4, 0.5) is 8.78 Å². The Balaban J connectivity index is 3.05. The zero-order chi connectivity index (χ0) is 12.0. The molecule has 0 aliphatic rings. The monoisotopic (exact) mass is 228 g/mol. The van der Waals surface area contributed by atoms with Gasteiger partial charge in [-0.15, -0.1) is 0 Å². The molecule has 0 aromatic heterocycles. The normalized spacial score (nSPS) is 10.5. The van der Waals surface area contributed by atoms with Gasteiger partial charge in [0, 0.05) is 6.42 Å². The van der Waals surface area contributed by atoms with E-state index in [-0.39, 0.29) is 17.7 Å². The molecule has 0 amide bonds. The highest BCUT2D eigenvalue weighted by Gasteiger charge is 2.18. The number of benzene rings is 1. The average Bonchev–Trinajstić information content (AvgIpc) is 2.26. The van der Waals surface area contributed by atoms with Gasteiger partial charge in [0.25, 0.3) is 6.43 Å². The number of hydrogen-bond acceptors (Lipinski definition) is 2. The summed E-state index contributed by atoms with van der Waals surface area (Å²) in [5.41, 5.74) is 0.388. The zero-order valence-electron chi connectivity index (χ0n) is 9.08. The third kappa shape index (κ3) is 3.02. The topological polar surface area (TPSA) is 26.3 Å². The average molecular weight is 228 g/mol. The molecule has 0 saturated carbocycles. The van der Waals surface area contributed by atoms with Crippen molar-refractivity contribution in [2.24, 2.45) is 0 Å². The predicted octanol–water partition coefficient (Wildman–Crippen LogP) is 3.15. The lowest BCUT2D eigenvalue weighted by molar-refractivity contribution is -0.107. The fourth-order valence-corrected chi connectivity index (χ4v) is 1.55. The molecule has 16 heavy (non-hydrogen) atoms. The van der Waals surface area contributed by atoms with Crippen molar-refractivity contribution in [3.8, 4) is 5.75 Å². The first-order chi connectivity index (χ1) is 7.70. The summed E-state index contributed by atoms with van der Waals surface area (Å²) in [5, 5.41) is 0. The van der Waals surface area contributed by atoms with Crippen LogP contribution in [0, 0.1) is 0 Å². The number of halogens is 2. The Morgan fingerprint density at radius 3 is 2.75 bits per heavy atom. The van der Waals surface area contributed by atoms with E-state index < -0.39 is 6.43 Å². The van der Waals surface area contributed by atoms with Crippen LogP contribution < -0.4 is 4.74 Å². The van der Waals surface area contributed by atoms with Crippen molar-refractivity contribution in [3.05, 3.63) is 29.3 Å². The van der Waals surface area contributed by atoms with Crippen molar-refractivity contribution in [3.63, 3.8) is 0 Å². The first-order valence-electron chi connectivity index (χ1n) is 5.17. The fourth-order valence-electron chi connectivity index (χ4n) is 1.55. The Morgan fingerprint density at radius 2 is 2.19 bits per heavy atom. The van der Waals surface area contributed by atoms with Gasteiger partial charge in [-0.2, -0.15) is 0 Å². The highest BCUT2D eigenvalue weighted by molar-refractivity contribution is 5.51. The van der Waals surface area contributed by atoms with Crippen LogP contribution in [-0.2, 0) is 11.2 Å². The second-order valence-electron chi connectivity index (χ2n) is 3.27. The van der Waals surface area contributed by atoms with E-state index in [2.05, 4.69) is 0 Å². The van der Waals surface area contributed by atoms with Crippen LogP contribution in [0.15, 0.2) is 18.2 Å². The molecule has 0 heterocycles. The molecule has 0 aliphatic heterocycles. The maximum absolute atomic E-state index is 12.9. The van der Waals surface area contributed by atoms with Crippen molar-refractivity contribution in [2.75, 3.05) is 6.61 Å². The molecule has 1 aromatic rings. The van der Waals surface area contributed by atoms with Gasteiger partial charge in [0.15, 0.2) is 0 Å². The number of hydrogen-bond donors (Lipinski definition) is 0. The van der Waals surface area contributed by atoms with Crippen LogP contribution in [0.25, 0.3) is 0 Å². The molecule has 2 nitrogen and oxygen atoms in total. The maximum Gasteiger partial charge on any atom is 0.267 e. The van der Waals surface area contributed by atoms with Gasteiger partial charge in [-0.1, -0.05) is 12.1 Å². The smallest absolute Gasteiger partial charge is 0.267 e. The van der Waals surface area contributed by atoms with Crippen LogP contribution in [0.5, 0.6) is 5.75 Å². The molecule has 1 rings (SSSR count). The summed E-state index contributed by atoms with van der Waals surface area (Å²) in [5.74, 6) is 0.209. The molecular formula is C12H14F2O2. The Bertz CT molecular complexity index is 351. The van der Waals surface area contributed by atoms with Crippen molar-refractivity contribution in [1.82, 2.24) is 0 Å². The fraction of sp³-hybridized carbons (Fsp3) is 0.417. The number of carbonyl (C=O) groups excluding carboxylic acids is 1. The summed E-state index contributed by atoms with van der Waals surface area (Å²) in [4.78, 5) is 10.3. The molecule has 88 valence electrons. The summed E-state index contributed by atoms with van der Waals surface area (Å²) < 4.78 is 30.9. The van der Waals surface area contributed by atoms with Crippen LogP contribution >= 0.6 is 0 Å². The van der Waals surface area contributed by atoms with E-state index in [0.29, 0.717) is 18.6 Å². The SMILES string of the molecule is CCOc1cccc(CCC=O)c1C(F)F. The molecule has 0 fully saturated rings. The Labute approximate surface area is 93.2 Å². The lowest BCUT2D eigenvalue weighted by Crippen LogP contribution is -2.02. The van der Waals surface area contributed by atoms with E-state index in [1.165, 1.54) is 6.07 Å². The quantitative estimate of drug-likeness (QED) is 0.699. The highest BCUT2D eigenvalue weighted by Crippen LogP contribution is 2.32. The Morgan fingerprint density at radius 1 is 1.44 bits per heavy atom. The van der Waals surface area contributed by atoms with Crippen molar-refractivity contribution < 1.29 is 18.3 Å². The van der Waals surface area contributed by atoms with Crippen LogP contribution in [0.1, 0.15) is 30.9 Å².